The van der Waals surface area contributed by atoms with E-state index >= 15 is 0 Å². The molecule has 0 radical (unpaired) electrons. The number of rotatable bonds is 6. The number of amides is 3. The van der Waals surface area contributed by atoms with Gasteiger partial charge in [0.25, 0.3) is 0 Å². The predicted molar refractivity (Wildman–Crippen MR) is 85.9 cm³/mol. The number of carbonyl (C=O) groups is 2. The number of nitrogens with one attached hydrogen (secondary N) is 3. The zero-order valence-electron chi connectivity index (χ0n) is 14.1. The molecule has 3 amide bonds. The van der Waals surface area contributed by atoms with Gasteiger partial charge in [-0.25, -0.2) is 4.79 Å². The first kappa shape index (κ1) is 17.3. The Bertz CT molecular complexity index is 530. The van der Waals surface area contributed by atoms with Gasteiger partial charge in [0.1, 0.15) is 5.76 Å². The van der Waals surface area contributed by atoms with Crippen LogP contribution in [0.25, 0.3) is 0 Å². The highest BCUT2D eigenvalue weighted by molar-refractivity contribution is 5.79. The number of hydrogen-bond donors (Lipinski definition) is 3. The van der Waals surface area contributed by atoms with Gasteiger partial charge < -0.3 is 20.5 Å². The third-order valence-electron chi connectivity index (χ3n) is 4.30. The molecule has 3 N–H and O–H groups in total. The average Bonchev–Trinajstić information content (AvgIpc) is 3.13. The molecule has 0 spiro atoms. The number of aryl methyl sites for hydroxylation is 2. The Morgan fingerprint density at radius 1 is 1.22 bits per heavy atom. The number of hydrogen-bond acceptors (Lipinski definition) is 4. The highest BCUT2D eigenvalue weighted by Crippen LogP contribution is 2.24. The summed E-state index contributed by atoms with van der Waals surface area (Å²) in [5.41, 5.74) is 1.67. The highest BCUT2D eigenvalue weighted by atomic mass is 16.5. The third-order valence-corrected chi connectivity index (χ3v) is 4.30. The Balaban J connectivity index is 1.66. The van der Waals surface area contributed by atoms with Crippen molar-refractivity contribution in [2.24, 2.45) is 5.92 Å². The van der Waals surface area contributed by atoms with Crippen molar-refractivity contribution < 1.29 is 14.1 Å². The molecule has 0 aromatic carbocycles. The zero-order valence-corrected chi connectivity index (χ0v) is 14.1. The van der Waals surface area contributed by atoms with Crippen molar-refractivity contribution in [3.8, 4) is 0 Å². The maximum atomic E-state index is 11.9. The van der Waals surface area contributed by atoms with Gasteiger partial charge in [0.2, 0.25) is 5.91 Å². The van der Waals surface area contributed by atoms with E-state index in [2.05, 4.69) is 21.1 Å². The van der Waals surface area contributed by atoms with Crippen LogP contribution in [0.3, 0.4) is 0 Å². The fraction of sp³-hybridized carbons (Fsp3) is 0.688. The van der Waals surface area contributed by atoms with Crippen LogP contribution in [0.2, 0.25) is 0 Å². The van der Waals surface area contributed by atoms with Crippen LogP contribution in [0.4, 0.5) is 4.79 Å². The first-order chi connectivity index (χ1) is 11.0. The van der Waals surface area contributed by atoms with E-state index in [1.807, 2.05) is 20.8 Å². The SMILES string of the molecule is Cc1noc(C)c1[C@@H](C)NC(=O)NCCNC(=O)C1CCCC1. The molecule has 0 bridgehead atoms. The molecule has 7 nitrogen and oxygen atoms in total. The molecular formula is C16H26N4O3. The molecule has 23 heavy (non-hydrogen) atoms. The Hall–Kier alpha value is -2.05. The minimum Gasteiger partial charge on any atom is -0.361 e. The van der Waals surface area contributed by atoms with Gasteiger partial charge in [-0.3, -0.25) is 4.79 Å². The van der Waals surface area contributed by atoms with Crippen molar-refractivity contribution in [3.05, 3.63) is 17.0 Å². The van der Waals surface area contributed by atoms with E-state index in [0.29, 0.717) is 18.8 Å². The first-order valence-corrected chi connectivity index (χ1v) is 8.24. The molecule has 128 valence electrons. The molecule has 1 atom stereocenters. The molecular weight excluding hydrogens is 296 g/mol. The minimum atomic E-state index is -0.271. The quantitative estimate of drug-likeness (QED) is 0.698. The number of aromatic nitrogens is 1. The minimum absolute atomic E-state index is 0.105. The molecule has 7 heteroatoms. The van der Waals surface area contributed by atoms with E-state index in [9.17, 15) is 9.59 Å². The second-order valence-electron chi connectivity index (χ2n) is 6.13. The zero-order chi connectivity index (χ0) is 16.8. The fourth-order valence-electron chi connectivity index (χ4n) is 3.12. The van der Waals surface area contributed by atoms with Crippen LogP contribution in [0, 0.1) is 19.8 Å². The maximum Gasteiger partial charge on any atom is 0.315 e. The van der Waals surface area contributed by atoms with E-state index in [4.69, 9.17) is 4.52 Å². The summed E-state index contributed by atoms with van der Waals surface area (Å²) in [6.07, 6.45) is 4.24. The molecule has 0 aliphatic heterocycles. The van der Waals surface area contributed by atoms with Crippen LogP contribution in [-0.4, -0.2) is 30.2 Å². The lowest BCUT2D eigenvalue weighted by atomic mass is 10.1. The Morgan fingerprint density at radius 3 is 2.48 bits per heavy atom. The lowest BCUT2D eigenvalue weighted by molar-refractivity contribution is -0.124. The van der Waals surface area contributed by atoms with E-state index in [0.717, 1.165) is 36.9 Å². The highest BCUT2D eigenvalue weighted by Gasteiger charge is 2.22. The average molecular weight is 322 g/mol. The molecule has 2 rings (SSSR count). The predicted octanol–water partition coefficient (Wildman–Crippen LogP) is 1.96. The molecule has 1 aromatic heterocycles. The van der Waals surface area contributed by atoms with Crippen LogP contribution < -0.4 is 16.0 Å². The van der Waals surface area contributed by atoms with Gasteiger partial charge in [0, 0.05) is 24.6 Å². The summed E-state index contributed by atoms with van der Waals surface area (Å²) in [5.74, 6) is 0.969. The monoisotopic (exact) mass is 322 g/mol. The van der Waals surface area contributed by atoms with Gasteiger partial charge in [0.15, 0.2) is 0 Å². The molecule has 1 heterocycles. The lowest BCUT2D eigenvalue weighted by Gasteiger charge is -2.15. The Morgan fingerprint density at radius 2 is 1.87 bits per heavy atom. The summed E-state index contributed by atoms with van der Waals surface area (Å²) in [6.45, 7) is 6.40. The van der Waals surface area contributed by atoms with Crippen LogP contribution in [0.1, 0.15) is 55.7 Å². The molecule has 1 aromatic rings. The largest absolute Gasteiger partial charge is 0.361 e. The van der Waals surface area contributed by atoms with E-state index in [-0.39, 0.29) is 23.9 Å². The summed E-state index contributed by atoms with van der Waals surface area (Å²) < 4.78 is 5.10. The second-order valence-corrected chi connectivity index (χ2v) is 6.13. The lowest BCUT2D eigenvalue weighted by Crippen LogP contribution is -2.42. The van der Waals surface area contributed by atoms with Gasteiger partial charge >= 0.3 is 6.03 Å². The van der Waals surface area contributed by atoms with Crippen molar-refractivity contribution >= 4 is 11.9 Å². The summed E-state index contributed by atoms with van der Waals surface area (Å²) in [5, 5.41) is 12.3. The van der Waals surface area contributed by atoms with E-state index in [1.54, 1.807) is 0 Å². The van der Waals surface area contributed by atoms with Gasteiger partial charge in [0.05, 0.1) is 11.7 Å². The second kappa shape index (κ2) is 7.99. The van der Waals surface area contributed by atoms with Gasteiger partial charge in [-0.2, -0.15) is 0 Å². The van der Waals surface area contributed by atoms with Gasteiger partial charge in [-0.05, 0) is 33.6 Å². The summed E-state index contributed by atoms with van der Waals surface area (Å²) in [7, 11) is 0. The van der Waals surface area contributed by atoms with Crippen molar-refractivity contribution in [2.75, 3.05) is 13.1 Å². The molecule has 0 saturated heterocycles. The Labute approximate surface area is 136 Å². The van der Waals surface area contributed by atoms with Crippen LogP contribution in [0.15, 0.2) is 4.52 Å². The molecule has 1 aliphatic carbocycles. The van der Waals surface area contributed by atoms with Gasteiger partial charge in [-0.1, -0.05) is 18.0 Å². The fourth-order valence-corrected chi connectivity index (χ4v) is 3.12. The smallest absolute Gasteiger partial charge is 0.315 e. The van der Waals surface area contributed by atoms with Crippen LogP contribution >= 0.6 is 0 Å². The first-order valence-electron chi connectivity index (χ1n) is 8.24. The normalized spacial score (nSPS) is 16.1. The number of nitrogens with zero attached hydrogens (tertiary/aromatic N) is 1. The van der Waals surface area contributed by atoms with Crippen LogP contribution in [-0.2, 0) is 4.79 Å². The Kier molecular flexibility index (Phi) is 6.01. The third kappa shape index (κ3) is 4.71. The number of urea groups is 1. The van der Waals surface area contributed by atoms with Crippen LogP contribution in [0.5, 0.6) is 0 Å². The molecule has 1 fully saturated rings. The molecule has 1 aliphatic rings. The van der Waals surface area contributed by atoms with Crippen molar-refractivity contribution in [1.82, 2.24) is 21.1 Å². The molecule has 1 saturated carbocycles. The molecule has 0 unspecified atom stereocenters. The number of carbonyl (C=O) groups excluding carboxylic acids is 2. The summed E-state index contributed by atoms with van der Waals surface area (Å²) in [6, 6.07) is -0.457. The summed E-state index contributed by atoms with van der Waals surface area (Å²) in [4.78, 5) is 23.7. The topological polar surface area (TPSA) is 96.3 Å². The van der Waals surface area contributed by atoms with Gasteiger partial charge in [-0.15, -0.1) is 0 Å². The van der Waals surface area contributed by atoms with Crippen molar-refractivity contribution in [1.29, 1.82) is 0 Å². The van der Waals surface area contributed by atoms with E-state index < -0.39 is 0 Å². The van der Waals surface area contributed by atoms with Crippen molar-refractivity contribution in [2.45, 2.75) is 52.5 Å². The summed E-state index contributed by atoms with van der Waals surface area (Å²) >= 11 is 0. The van der Waals surface area contributed by atoms with Crippen molar-refractivity contribution in [3.63, 3.8) is 0 Å². The standard InChI is InChI=1S/C16H26N4O3/c1-10(14-11(2)20-23-12(14)3)19-16(22)18-9-8-17-15(21)13-6-4-5-7-13/h10,13H,4-9H2,1-3H3,(H,17,21)(H2,18,19,22)/t10-/m1/s1. The maximum absolute atomic E-state index is 11.9. The van der Waals surface area contributed by atoms with E-state index in [1.165, 1.54) is 0 Å².